The molecule has 2 N–H and O–H groups in total. The molecular weight excluding hydrogens is 418 g/mol. The number of rotatable bonds is 20. The predicted octanol–water partition coefficient (Wildman–Crippen LogP) is 8.01. The Balaban J connectivity index is 0.000000649. The summed E-state index contributed by atoms with van der Waals surface area (Å²) in [6.07, 6.45) is 22.0. The minimum Gasteiger partial charge on any atom is -0.330 e. The Kier molecular flexibility index (Phi) is 22.6. The second kappa shape index (κ2) is 23.3. The average Bonchev–Trinajstić information content (AvgIpc) is 2.81. The van der Waals surface area contributed by atoms with Crippen molar-refractivity contribution < 1.29 is 12.6 Å². The minimum atomic E-state index is -3.56. The number of hydrogen-bond donors (Lipinski definition) is 1. The summed E-state index contributed by atoms with van der Waals surface area (Å²) in [6.45, 7) is 5.62. The molecule has 1 aromatic carbocycles. The highest BCUT2D eigenvalue weighted by Crippen LogP contribution is 2.13. The predicted molar refractivity (Wildman–Crippen MR) is 138 cm³/mol. The van der Waals surface area contributed by atoms with Crippen LogP contribution < -0.4 is 5.73 Å². The van der Waals surface area contributed by atoms with Crippen LogP contribution in [0.5, 0.6) is 0 Å². The summed E-state index contributed by atoms with van der Waals surface area (Å²) in [4.78, 5) is 0.234. The molecule has 0 aliphatic rings. The summed E-state index contributed by atoms with van der Waals surface area (Å²) in [7, 11) is -3.56. The van der Waals surface area contributed by atoms with E-state index in [0.717, 1.165) is 25.8 Å². The fraction of sp³-hybridized carbons (Fsp3) is 0.778. The highest BCUT2D eigenvalue weighted by atomic mass is 32.2. The second-order valence-corrected chi connectivity index (χ2v) is 10.3. The largest absolute Gasteiger partial charge is 0.330 e. The van der Waals surface area contributed by atoms with Gasteiger partial charge in [0.25, 0.3) is 10.1 Å². The van der Waals surface area contributed by atoms with Crippen LogP contribution >= 0.6 is 0 Å². The first kappa shape index (κ1) is 31.1. The van der Waals surface area contributed by atoms with Gasteiger partial charge in [-0.05, 0) is 31.5 Å². The molecule has 1 aromatic rings. The van der Waals surface area contributed by atoms with Crippen molar-refractivity contribution in [3.8, 4) is 0 Å². The van der Waals surface area contributed by atoms with E-state index < -0.39 is 10.1 Å². The molecular formula is C27H51NO3S. The van der Waals surface area contributed by atoms with Crippen molar-refractivity contribution in [3.63, 3.8) is 0 Å². The Morgan fingerprint density at radius 3 is 1.47 bits per heavy atom. The van der Waals surface area contributed by atoms with Crippen LogP contribution in [0.15, 0.2) is 35.2 Å². The van der Waals surface area contributed by atoms with Crippen LogP contribution in [0.1, 0.15) is 123 Å². The molecule has 0 fully saturated rings. The van der Waals surface area contributed by atoms with Crippen LogP contribution in [0.4, 0.5) is 0 Å². The molecule has 0 heterocycles. The van der Waals surface area contributed by atoms with Gasteiger partial charge in [0.2, 0.25) is 0 Å². The SMILES string of the molecule is CCCCCCCCCCCCN.CCCCCCCCCOS(=O)(=O)c1ccccc1. The molecule has 0 aromatic heterocycles. The van der Waals surface area contributed by atoms with E-state index in [9.17, 15) is 8.42 Å². The van der Waals surface area contributed by atoms with Gasteiger partial charge in [0, 0.05) is 0 Å². The lowest BCUT2D eigenvalue weighted by Crippen LogP contribution is -2.07. The van der Waals surface area contributed by atoms with E-state index >= 15 is 0 Å². The van der Waals surface area contributed by atoms with Gasteiger partial charge < -0.3 is 5.73 Å². The van der Waals surface area contributed by atoms with Gasteiger partial charge >= 0.3 is 0 Å². The fourth-order valence-electron chi connectivity index (χ4n) is 3.51. The van der Waals surface area contributed by atoms with Crippen molar-refractivity contribution in [2.24, 2.45) is 5.73 Å². The Morgan fingerprint density at radius 2 is 1.03 bits per heavy atom. The van der Waals surface area contributed by atoms with Gasteiger partial charge in [-0.3, -0.25) is 4.18 Å². The highest BCUT2D eigenvalue weighted by Gasteiger charge is 2.13. The van der Waals surface area contributed by atoms with Gasteiger partial charge in [0.05, 0.1) is 11.5 Å². The molecule has 32 heavy (non-hydrogen) atoms. The van der Waals surface area contributed by atoms with Crippen molar-refractivity contribution in [2.75, 3.05) is 13.2 Å². The molecule has 0 bridgehead atoms. The number of benzene rings is 1. The highest BCUT2D eigenvalue weighted by molar-refractivity contribution is 7.86. The molecule has 0 aliphatic carbocycles. The van der Waals surface area contributed by atoms with Crippen molar-refractivity contribution in [1.82, 2.24) is 0 Å². The lowest BCUT2D eigenvalue weighted by Gasteiger charge is -2.05. The first-order valence-electron chi connectivity index (χ1n) is 13.2. The summed E-state index contributed by atoms with van der Waals surface area (Å²) in [6, 6.07) is 8.30. The molecule has 188 valence electrons. The third-order valence-corrected chi connectivity index (χ3v) is 6.90. The van der Waals surface area contributed by atoms with Crippen LogP contribution in [0.2, 0.25) is 0 Å². The molecule has 5 heteroatoms. The van der Waals surface area contributed by atoms with E-state index in [-0.39, 0.29) is 11.5 Å². The molecule has 0 saturated carbocycles. The van der Waals surface area contributed by atoms with Gasteiger partial charge in [-0.2, -0.15) is 8.42 Å². The smallest absolute Gasteiger partial charge is 0.296 e. The quantitative estimate of drug-likeness (QED) is 0.155. The van der Waals surface area contributed by atoms with E-state index in [1.54, 1.807) is 30.3 Å². The van der Waals surface area contributed by atoms with Crippen LogP contribution in [0.3, 0.4) is 0 Å². The fourth-order valence-corrected chi connectivity index (χ4v) is 4.48. The molecule has 0 atom stereocenters. The lowest BCUT2D eigenvalue weighted by atomic mass is 10.1. The van der Waals surface area contributed by atoms with Crippen molar-refractivity contribution in [3.05, 3.63) is 30.3 Å². The van der Waals surface area contributed by atoms with Crippen LogP contribution in [-0.2, 0) is 14.3 Å². The third-order valence-electron chi connectivity index (χ3n) is 5.58. The maximum Gasteiger partial charge on any atom is 0.296 e. The normalized spacial score (nSPS) is 11.2. The summed E-state index contributed by atoms with van der Waals surface area (Å²) < 4.78 is 28.6. The van der Waals surface area contributed by atoms with Gasteiger partial charge in [-0.15, -0.1) is 0 Å². The van der Waals surface area contributed by atoms with Gasteiger partial charge in [-0.25, -0.2) is 0 Å². The Labute approximate surface area is 199 Å². The number of unbranched alkanes of at least 4 members (excludes halogenated alkanes) is 15. The summed E-state index contributed by atoms with van der Waals surface area (Å²) in [5, 5.41) is 0. The van der Waals surface area contributed by atoms with Crippen LogP contribution in [0.25, 0.3) is 0 Å². The first-order chi connectivity index (χ1) is 15.6. The van der Waals surface area contributed by atoms with Crippen molar-refractivity contribution in [1.29, 1.82) is 0 Å². The van der Waals surface area contributed by atoms with E-state index in [1.165, 1.54) is 89.9 Å². The zero-order valence-corrected chi connectivity index (χ0v) is 21.8. The van der Waals surface area contributed by atoms with Crippen molar-refractivity contribution in [2.45, 2.75) is 128 Å². The third kappa shape index (κ3) is 19.8. The van der Waals surface area contributed by atoms with Gasteiger partial charge in [0.15, 0.2) is 0 Å². The molecule has 0 saturated heterocycles. The molecule has 0 aliphatic heterocycles. The molecule has 4 nitrogen and oxygen atoms in total. The molecule has 0 radical (unpaired) electrons. The van der Waals surface area contributed by atoms with Gasteiger partial charge in [-0.1, -0.05) is 128 Å². The standard InChI is InChI=1S/C15H24O3S.C12H27N/c1-2-3-4-5-6-7-11-14-18-19(16,17)15-12-9-8-10-13-15;1-2-3-4-5-6-7-8-9-10-11-12-13/h8-10,12-13H,2-7,11,14H2,1H3;2-13H2,1H3. The maximum atomic E-state index is 11.8. The maximum absolute atomic E-state index is 11.8. The molecule has 0 unspecified atom stereocenters. The summed E-state index contributed by atoms with van der Waals surface area (Å²) >= 11 is 0. The Bertz CT molecular complexity index is 580. The lowest BCUT2D eigenvalue weighted by molar-refractivity contribution is 0.306. The van der Waals surface area contributed by atoms with Gasteiger partial charge in [0.1, 0.15) is 0 Å². The number of nitrogens with two attached hydrogens (primary N) is 1. The van der Waals surface area contributed by atoms with E-state index in [0.29, 0.717) is 0 Å². The topological polar surface area (TPSA) is 69.4 Å². The number of hydrogen-bond acceptors (Lipinski definition) is 4. The molecule has 1 rings (SSSR count). The zero-order valence-electron chi connectivity index (χ0n) is 21.0. The van der Waals surface area contributed by atoms with E-state index in [4.69, 9.17) is 9.92 Å². The zero-order chi connectivity index (χ0) is 23.8. The Morgan fingerprint density at radius 1 is 0.625 bits per heavy atom. The average molecular weight is 470 g/mol. The monoisotopic (exact) mass is 469 g/mol. The first-order valence-corrected chi connectivity index (χ1v) is 14.6. The minimum absolute atomic E-state index is 0.234. The molecule has 0 amide bonds. The van der Waals surface area contributed by atoms with Crippen molar-refractivity contribution >= 4 is 10.1 Å². The van der Waals surface area contributed by atoms with Crippen LogP contribution in [0, 0.1) is 0 Å². The van der Waals surface area contributed by atoms with E-state index in [2.05, 4.69) is 13.8 Å². The Hall–Kier alpha value is -0.910. The van der Waals surface area contributed by atoms with Crippen LogP contribution in [-0.4, -0.2) is 21.6 Å². The second-order valence-electron chi connectivity index (χ2n) is 8.68. The summed E-state index contributed by atoms with van der Waals surface area (Å²) in [5.74, 6) is 0. The summed E-state index contributed by atoms with van der Waals surface area (Å²) in [5.41, 5.74) is 5.42. The van der Waals surface area contributed by atoms with E-state index in [1.807, 2.05) is 0 Å². The molecule has 0 spiro atoms.